The number of rotatable bonds is 2. The van der Waals surface area contributed by atoms with E-state index in [0.29, 0.717) is 6.04 Å². The molecule has 2 N–H and O–H groups in total. The number of anilines is 1. The van der Waals surface area contributed by atoms with E-state index >= 15 is 0 Å². The van der Waals surface area contributed by atoms with E-state index in [-0.39, 0.29) is 6.10 Å². The van der Waals surface area contributed by atoms with E-state index in [9.17, 15) is 5.11 Å². The van der Waals surface area contributed by atoms with Crippen LogP contribution in [0.1, 0.15) is 12.8 Å². The molecule has 0 saturated heterocycles. The lowest BCUT2D eigenvalue weighted by Gasteiger charge is -2.32. The minimum Gasteiger partial charge on any atom is -0.393 e. The fraction of sp³-hybridized carbons (Fsp3) is 0.444. The predicted molar refractivity (Wildman–Crippen MR) is 53.4 cm³/mol. The highest BCUT2D eigenvalue weighted by Gasteiger charge is 2.27. The third kappa shape index (κ3) is 1.42. The van der Waals surface area contributed by atoms with Gasteiger partial charge in [-0.1, -0.05) is 0 Å². The van der Waals surface area contributed by atoms with Crippen molar-refractivity contribution in [2.75, 3.05) is 5.32 Å². The topological polar surface area (TPSA) is 75.3 Å². The number of aliphatic hydroxyl groups excluding tert-OH is 1. The van der Waals surface area contributed by atoms with Gasteiger partial charge in [0.1, 0.15) is 6.33 Å². The van der Waals surface area contributed by atoms with Crippen molar-refractivity contribution >= 4 is 11.5 Å². The minimum atomic E-state index is -0.167. The van der Waals surface area contributed by atoms with Crippen LogP contribution in [0, 0.1) is 0 Å². The van der Waals surface area contributed by atoms with Gasteiger partial charge in [0.2, 0.25) is 5.65 Å². The maximum Gasteiger partial charge on any atom is 0.203 e. The van der Waals surface area contributed by atoms with Crippen LogP contribution in [-0.2, 0) is 0 Å². The number of hydrogen-bond donors (Lipinski definition) is 2. The highest BCUT2D eigenvalue weighted by molar-refractivity contribution is 5.61. The fourth-order valence-corrected chi connectivity index (χ4v) is 1.76. The Labute approximate surface area is 86.0 Å². The molecule has 2 aromatic rings. The van der Waals surface area contributed by atoms with Gasteiger partial charge in [0.05, 0.1) is 6.10 Å². The van der Waals surface area contributed by atoms with Crippen molar-refractivity contribution in [1.82, 2.24) is 19.6 Å². The van der Waals surface area contributed by atoms with Gasteiger partial charge in [-0.2, -0.15) is 0 Å². The average molecular weight is 205 g/mol. The Morgan fingerprint density at radius 2 is 2.33 bits per heavy atom. The molecule has 78 valence electrons. The maximum absolute atomic E-state index is 9.18. The molecule has 0 spiro atoms. The summed E-state index contributed by atoms with van der Waals surface area (Å²) in [6.07, 6.45) is 6.52. The Balaban J connectivity index is 1.87. The van der Waals surface area contributed by atoms with Crippen LogP contribution in [0.25, 0.3) is 5.65 Å². The largest absolute Gasteiger partial charge is 0.393 e. The van der Waals surface area contributed by atoms with Crippen molar-refractivity contribution in [3.8, 4) is 0 Å². The van der Waals surface area contributed by atoms with E-state index in [4.69, 9.17) is 0 Å². The Hall–Kier alpha value is -1.69. The molecule has 3 rings (SSSR count). The zero-order valence-corrected chi connectivity index (χ0v) is 8.04. The van der Waals surface area contributed by atoms with Crippen LogP contribution < -0.4 is 5.32 Å². The molecular formula is C9H11N5O. The molecule has 1 fully saturated rings. The van der Waals surface area contributed by atoms with Gasteiger partial charge < -0.3 is 10.4 Å². The van der Waals surface area contributed by atoms with E-state index < -0.39 is 0 Å². The number of aromatic nitrogens is 4. The molecule has 0 atom stereocenters. The summed E-state index contributed by atoms with van der Waals surface area (Å²) >= 11 is 0. The van der Waals surface area contributed by atoms with Crippen LogP contribution >= 0.6 is 0 Å². The van der Waals surface area contributed by atoms with Crippen LogP contribution in [0.4, 0.5) is 5.82 Å². The summed E-state index contributed by atoms with van der Waals surface area (Å²) < 4.78 is 1.81. The van der Waals surface area contributed by atoms with Crippen molar-refractivity contribution in [1.29, 1.82) is 0 Å². The second-order valence-electron chi connectivity index (χ2n) is 3.80. The van der Waals surface area contributed by atoms with Crippen molar-refractivity contribution in [3.05, 3.63) is 18.7 Å². The van der Waals surface area contributed by atoms with E-state index in [1.165, 1.54) is 0 Å². The third-order valence-corrected chi connectivity index (χ3v) is 2.67. The van der Waals surface area contributed by atoms with Gasteiger partial charge in [0.25, 0.3) is 0 Å². The van der Waals surface area contributed by atoms with Crippen molar-refractivity contribution in [3.63, 3.8) is 0 Å². The van der Waals surface area contributed by atoms with Crippen LogP contribution in [-0.4, -0.2) is 36.8 Å². The first-order valence-corrected chi connectivity index (χ1v) is 4.92. The molecule has 1 aliphatic rings. The number of aliphatic hydroxyl groups is 1. The summed E-state index contributed by atoms with van der Waals surface area (Å²) in [5, 5.41) is 20.2. The lowest BCUT2D eigenvalue weighted by molar-refractivity contribution is 0.0835. The quantitative estimate of drug-likeness (QED) is 0.725. The molecule has 0 radical (unpaired) electrons. The van der Waals surface area contributed by atoms with Crippen LogP contribution in [0.3, 0.4) is 0 Å². The smallest absolute Gasteiger partial charge is 0.203 e. The molecule has 1 saturated carbocycles. The Bertz CT molecular complexity index is 476. The first-order chi connectivity index (χ1) is 7.33. The summed E-state index contributed by atoms with van der Waals surface area (Å²) in [7, 11) is 0. The molecule has 0 aliphatic heterocycles. The Kier molecular flexibility index (Phi) is 1.81. The molecule has 6 heteroatoms. The molecule has 0 unspecified atom stereocenters. The molecule has 2 aromatic heterocycles. The third-order valence-electron chi connectivity index (χ3n) is 2.67. The Morgan fingerprint density at radius 1 is 1.47 bits per heavy atom. The fourth-order valence-electron chi connectivity index (χ4n) is 1.76. The molecule has 15 heavy (non-hydrogen) atoms. The van der Waals surface area contributed by atoms with Gasteiger partial charge in [-0.3, -0.25) is 4.40 Å². The highest BCUT2D eigenvalue weighted by atomic mass is 16.3. The second-order valence-corrected chi connectivity index (χ2v) is 3.80. The highest BCUT2D eigenvalue weighted by Crippen LogP contribution is 2.24. The van der Waals surface area contributed by atoms with Gasteiger partial charge >= 0.3 is 0 Å². The van der Waals surface area contributed by atoms with E-state index in [0.717, 1.165) is 24.3 Å². The second kappa shape index (κ2) is 3.16. The normalized spacial score (nSPS) is 25.1. The monoisotopic (exact) mass is 205 g/mol. The first kappa shape index (κ1) is 8.60. The molecule has 1 aliphatic carbocycles. The van der Waals surface area contributed by atoms with Crippen LogP contribution in [0.15, 0.2) is 18.7 Å². The summed E-state index contributed by atoms with van der Waals surface area (Å²) in [4.78, 5) is 4.21. The lowest BCUT2D eigenvalue weighted by Crippen LogP contribution is -2.39. The minimum absolute atomic E-state index is 0.167. The van der Waals surface area contributed by atoms with E-state index in [1.807, 2.05) is 4.40 Å². The van der Waals surface area contributed by atoms with E-state index in [2.05, 4.69) is 20.5 Å². The van der Waals surface area contributed by atoms with Gasteiger partial charge in [-0.15, -0.1) is 10.2 Å². The molecule has 0 bridgehead atoms. The first-order valence-electron chi connectivity index (χ1n) is 4.92. The standard InChI is InChI=1S/C9H11N5O/c15-7-3-6(4-7)12-8-9-13-11-5-14(9)2-1-10-8/h1-2,5-7,15H,3-4H2,(H,10,12). The molecule has 6 nitrogen and oxygen atoms in total. The predicted octanol–water partition coefficient (Wildman–Crippen LogP) is 0.0595. The van der Waals surface area contributed by atoms with Crippen molar-refractivity contribution in [2.45, 2.75) is 25.0 Å². The Morgan fingerprint density at radius 3 is 3.13 bits per heavy atom. The zero-order chi connectivity index (χ0) is 10.3. The molecule has 0 amide bonds. The maximum atomic E-state index is 9.18. The van der Waals surface area contributed by atoms with Gasteiger partial charge in [-0.05, 0) is 12.8 Å². The SMILES string of the molecule is OC1CC(Nc2nccn3cnnc23)C1. The summed E-state index contributed by atoms with van der Waals surface area (Å²) in [5.74, 6) is 0.729. The summed E-state index contributed by atoms with van der Waals surface area (Å²) in [6.45, 7) is 0. The van der Waals surface area contributed by atoms with Gasteiger partial charge in [0, 0.05) is 18.4 Å². The molecule has 0 aromatic carbocycles. The number of hydrogen-bond acceptors (Lipinski definition) is 5. The van der Waals surface area contributed by atoms with Crippen molar-refractivity contribution in [2.24, 2.45) is 0 Å². The summed E-state index contributed by atoms with van der Waals surface area (Å²) in [5.41, 5.74) is 0.721. The zero-order valence-electron chi connectivity index (χ0n) is 8.04. The molecule has 2 heterocycles. The number of fused-ring (bicyclic) bond motifs is 1. The van der Waals surface area contributed by atoms with Gasteiger partial charge in [0.15, 0.2) is 5.82 Å². The number of nitrogens with zero attached hydrogens (tertiary/aromatic N) is 4. The number of nitrogens with one attached hydrogen (secondary N) is 1. The van der Waals surface area contributed by atoms with Crippen molar-refractivity contribution < 1.29 is 5.11 Å². The summed E-state index contributed by atoms with van der Waals surface area (Å²) in [6, 6.07) is 0.301. The molecular weight excluding hydrogens is 194 g/mol. The van der Waals surface area contributed by atoms with Gasteiger partial charge in [-0.25, -0.2) is 4.98 Å². The lowest BCUT2D eigenvalue weighted by atomic mass is 9.89. The van der Waals surface area contributed by atoms with Crippen LogP contribution in [0.5, 0.6) is 0 Å². The van der Waals surface area contributed by atoms with E-state index in [1.54, 1.807) is 18.7 Å². The van der Waals surface area contributed by atoms with Crippen LogP contribution in [0.2, 0.25) is 0 Å². The average Bonchev–Trinajstić information content (AvgIpc) is 2.64.